The number of carbonyl (C=O) groups is 2. The molecule has 0 heterocycles. The van der Waals surface area contributed by atoms with Crippen molar-refractivity contribution in [3.05, 3.63) is 23.8 Å². The molecule has 132 valence electrons. The average molecular weight is 333 g/mol. The second-order valence-electron chi connectivity index (χ2n) is 6.69. The van der Waals surface area contributed by atoms with Crippen molar-refractivity contribution in [2.24, 2.45) is 11.8 Å². The third-order valence-corrected chi connectivity index (χ3v) is 4.68. The van der Waals surface area contributed by atoms with E-state index in [0.717, 1.165) is 12.8 Å². The van der Waals surface area contributed by atoms with Crippen LogP contribution in [0.1, 0.15) is 68.6 Å². The lowest BCUT2D eigenvalue weighted by Gasteiger charge is -2.07. The summed E-state index contributed by atoms with van der Waals surface area (Å²) in [5, 5.41) is 21.2. The molecule has 1 aliphatic carbocycles. The quantitative estimate of drug-likeness (QED) is 0.437. The summed E-state index contributed by atoms with van der Waals surface area (Å²) in [6.07, 6.45) is 9.59. The highest BCUT2D eigenvalue weighted by atomic mass is 16.4. The Morgan fingerprint density at radius 3 is 2.58 bits per heavy atom. The van der Waals surface area contributed by atoms with E-state index >= 15 is 0 Å². The van der Waals surface area contributed by atoms with Crippen LogP contribution in [0.15, 0.2) is 18.2 Å². The molecule has 0 bridgehead atoms. The molecule has 1 amide bonds. The number of aromatic carboxylic acids is 1. The smallest absolute Gasteiger partial charge is 0.339 e. The average Bonchev–Trinajstić information content (AvgIpc) is 3.32. The van der Waals surface area contributed by atoms with Crippen molar-refractivity contribution in [1.29, 1.82) is 0 Å². The summed E-state index contributed by atoms with van der Waals surface area (Å²) in [4.78, 5) is 23.2. The number of hydrogen-bond donors (Lipinski definition) is 3. The molecule has 0 aliphatic heterocycles. The number of carbonyl (C=O) groups excluding carboxylic acids is 1. The first-order valence-electron chi connectivity index (χ1n) is 8.90. The fourth-order valence-corrected chi connectivity index (χ4v) is 3.09. The number of carboxylic acid groups (broad SMARTS) is 1. The van der Waals surface area contributed by atoms with Crippen LogP contribution in [0.3, 0.4) is 0 Å². The number of unbranched alkanes of at least 4 members (excludes halogenated alkanes) is 5. The van der Waals surface area contributed by atoms with E-state index in [1.54, 1.807) is 0 Å². The third-order valence-electron chi connectivity index (χ3n) is 4.68. The van der Waals surface area contributed by atoms with Crippen molar-refractivity contribution in [3.63, 3.8) is 0 Å². The van der Waals surface area contributed by atoms with Gasteiger partial charge in [-0.05, 0) is 37.0 Å². The molecule has 0 radical (unpaired) electrons. The zero-order valence-electron chi connectivity index (χ0n) is 14.3. The van der Waals surface area contributed by atoms with Gasteiger partial charge in [0.05, 0.1) is 0 Å². The summed E-state index contributed by atoms with van der Waals surface area (Å²) < 4.78 is 0. The minimum Gasteiger partial charge on any atom is -0.507 e. The molecule has 1 aliphatic rings. The fraction of sp³-hybridized carbons (Fsp3) is 0.579. The van der Waals surface area contributed by atoms with E-state index in [1.165, 1.54) is 56.7 Å². The molecule has 1 saturated carbocycles. The normalized spacial score (nSPS) is 19.0. The van der Waals surface area contributed by atoms with Gasteiger partial charge in [-0.25, -0.2) is 4.79 Å². The molecule has 1 fully saturated rings. The highest BCUT2D eigenvalue weighted by Gasteiger charge is 2.42. The topological polar surface area (TPSA) is 86.6 Å². The molecule has 2 atom stereocenters. The standard InChI is InChI=1S/C19H27NO4/c1-2-3-4-5-6-7-8-13-11-15(13)18(22)20-14-9-10-17(21)16(12-14)19(23)24/h9-10,12-13,15,21H,2-8,11H2,1H3,(H,20,22)(H,23,24). The van der Waals surface area contributed by atoms with Crippen molar-refractivity contribution >= 4 is 17.6 Å². The van der Waals surface area contributed by atoms with Gasteiger partial charge in [-0.1, -0.05) is 45.4 Å². The van der Waals surface area contributed by atoms with E-state index in [9.17, 15) is 14.7 Å². The van der Waals surface area contributed by atoms with E-state index in [-0.39, 0.29) is 23.1 Å². The van der Waals surface area contributed by atoms with Gasteiger partial charge in [0.15, 0.2) is 0 Å². The van der Waals surface area contributed by atoms with Gasteiger partial charge in [-0.3, -0.25) is 4.79 Å². The van der Waals surface area contributed by atoms with Crippen LogP contribution >= 0.6 is 0 Å². The SMILES string of the molecule is CCCCCCCCC1CC1C(=O)Nc1ccc(O)c(C(=O)O)c1. The minimum absolute atomic E-state index is 0.0442. The van der Waals surface area contributed by atoms with Gasteiger partial charge < -0.3 is 15.5 Å². The van der Waals surface area contributed by atoms with Gasteiger partial charge in [0, 0.05) is 11.6 Å². The number of nitrogens with one attached hydrogen (secondary N) is 1. The highest BCUT2D eigenvalue weighted by Crippen LogP contribution is 2.43. The molecular formula is C19H27NO4. The van der Waals surface area contributed by atoms with Crippen LogP contribution in [0, 0.1) is 11.8 Å². The maximum atomic E-state index is 12.2. The first-order valence-corrected chi connectivity index (χ1v) is 8.90. The number of phenols is 1. The van der Waals surface area contributed by atoms with E-state index < -0.39 is 5.97 Å². The molecular weight excluding hydrogens is 306 g/mol. The van der Waals surface area contributed by atoms with Crippen molar-refractivity contribution < 1.29 is 19.8 Å². The Bertz CT molecular complexity index is 585. The Morgan fingerprint density at radius 2 is 1.88 bits per heavy atom. The van der Waals surface area contributed by atoms with E-state index in [0.29, 0.717) is 11.6 Å². The predicted octanol–water partition coefficient (Wildman–Crippen LogP) is 4.42. The first-order chi connectivity index (χ1) is 11.5. The largest absolute Gasteiger partial charge is 0.507 e. The summed E-state index contributed by atoms with van der Waals surface area (Å²) in [6, 6.07) is 4.10. The van der Waals surface area contributed by atoms with Gasteiger partial charge in [-0.15, -0.1) is 0 Å². The number of hydrogen-bond acceptors (Lipinski definition) is 3. The number of carboxylic acids is 1. The van der Waals surface area contributed by atoms with E-state index in [2.05, 4.69) is 12.2 Å². The summed E-state index contributed by atoms with van der Waals surface area (Å²) >= 11 is 0. The number of rotatable bonds is 10. The maximum absolute atomic E-state index is 12.2. The van der Waals surface area contributed by atoms with Crippen LogP contribution in [-0.4, -0.2) is 22.1 Å². The molecule has 1 aromatic rings. The van der Waals surface area contributed by atoms with Crippen LogP contribution in [0.5, 0.6) is 5.75 Å². The van der Waals surface area contributed by atoms with E-state index in [1.807, 2.05) is 0 Å². The van der Waals surface area contributed by atoms with Crippen LogP contribution in [0.4, 0.5) is 5.69 Å². The fourth-order valence-electron chi connectivity index (χ4n) is 3.09. The molecule has 24 heavy (non-hydrogen) atoms. The molecule has 0 saturated heterocycles. The zero-order valence-corrected chi connectivity index (χ0v) is 14.3. The molecule has 1 aromatic carbocycles. The lowest BCUT2D eigenvalue weighted by Crippen LogP contribution is -2.15. The van der Waals surface area contributed by atoms with Crippen LogP contribution in [0.2, 0.25) is 0 Å². The second-order valence-corrected chi connectivity index (χ2v) is 6.69. The predicted molar refractivity (Wildman–Crippen MR) is 93.3 cm³/mol. The Morgan fingerprint density at radius 1 is 1.17 bits per heavy atom. The van der Waals surface area contributed by atoms with Gasteiger partial charge >= 0.3 is 5.97 Å². The molecule has 2 rings (SSSR count). The minimum atomic E-state index is -1.21. The van der Waals surface area contributed by atoms with Gasteiger partial charge in [0.25, 0.3) is 0 Å². The van der Waals surface area contributed by atoms with Gasteiger partial charge in [0.2, 0.25) is 5.91 Å². The Kier molecular flexibility index (Phi) is 6.64. The lowest BCUT2D eigenvalue weighted by atomic mass is 10.1. The monoisotopic (exact) mass is 333 g/mol. The summed E-state index contributed by atoms with van der Waals surface area (Å²) in [7, 11) is 0. The van der Waals surface area contributed by atoms with Crippen LogP contribution in [0.25, 0.3) is 0 Å². The Hall–Kier alpha value is -2.04. The molecule has 0 aromatic heterocycles. The summed E-state index contributed by atoms with van der Waals surface area (Å²) in [6.45, 7) is 2.21. The second kappa shape index (κ2) is 8.71. The number of amides is 1. The lowest BCUT2D eigenvalue weighted by molar-refractivity contribution is -0.117. The number of aromatic hydroxyl groups is 1. The Labute approximate surface area is 143 Å². The van der Waals surface area contributed by atoms with Crippen molar-refractivity contribution in [3.8, 4) is 5.75 Å². The van der Waals surface area contributed by atoms with Crippen molar-refractivity contribution in [2.75, 3.05) is 5.32 Å². The zero-order chi connectivity index (χ0) is 17.5. The van der Waals surface area contributed by atoms with Crippen molar-refractivity contribution in [1.82, 2.24) is 0 Å². The van der Waals surface area contributed by atoms with Gasteiger partial charge in [0.1, 0.15) is 11.3 Å². The Balaban J connectivity index is 1.73. The van der Waals surface area contributed by atoms with Crippen LogP contribution in [-0.2, 0) is 4.79 Å². The molecule has 3 N–H and O–H groups in total. The molecule has 5 nitrogen and oxygen atoms in total. The van der Waals surface area contributed by atoms with Gasteiger partial charge in [-0.2, -0.15) is 0 Å². The van der Waals surface area contributed by atoms with Crippen molar-refractivity contribution in [2.45, 2.75) is 58.3 Å². The third kappa shape index (κ3) is 5.25. The summed E-state index contributed by atoms with van der Waals surface area (Å²) in [5.74, 6) is -1.05. The highest BCUT2D eigenvalue weighted by molar-refractivity contribution is 5.97. The summed E-state index contributed by atoms with van der Waals surface area (Å²) in [5.41, 5.74) is 0.215. The molecule has 0 spiro atoms. The van der Waals surface area contributed by atoms with Crippen LogP contribution < -0.4 is 5.32 Å². The molecule has 2 unspecified atom stereocenters. The number of anilines is 1. The number of benzene rings is 1. The van der Waals surface area contributed by atoms with E-state index in [4.69, 9.17) is 5.11 Å². The maximum Gasteiger partial charge on any atom is 0.339 e. The molecule has 5 heteroatoms. The first kappa shape index (κ1) is 18.3.